The van der Waals surface area contributed by atoms with Gasteiger partial charge in [-0.25, -0.2) is 4.39 Å². The monoisotopic (exact) mass is 293 g/mol. The third-order valence-electron chi connectivity index (χ3n) is 3.00. The van der Waals surface area contributed by atoms with Gasteiger partial charge in [-0.2, -0.15) is 0 Å². The molecule has 2 nitrogen and oxygen atoms in total. The van der Waals surface area contributed by atoms with Crippen LogP contribution in [0.3, 0.4) is 0 Å². The summed E-state index contributed by atoms with van der Waals surface area (Å²) in [6.07, 6.45) is 0.675. The van der Waals surface area contributed by atoms with Crippen LogP contribution >= 0.6 is 11.6 Å². The standard InChI is InChI=1S/C16H17ClFNO/c1-19-10-9-16(12-5-3-2-4-6-12)20-13-7-8-14(17)15(18)11-13/h2-8,11,16,19H,9-10H2,1H3. The van der Waals surface area contributed by atoms with Crippen molar-refractivity contribution in [1.29, 1.82) is 0 Å². The average Bonchev–Trinajstić information content (AvgIpc) is 2.48. The largest absolute Gasteiger partial charge is 0.486 e. The van der Waals surface area contributed by atoms with E-state index in [1.807, 2.05) is 37.4 Å². The lowest BCUT2D eigenvalue weighted by atomic mass is 10.1. The van der Waals surface area contributed by atoms with Crippen molar-refractivity contribution in [3.05, 3.63) is 64.9 Å². The van der Waals surface area contributed by atoms with Crippen molar-refractivity contribution in [3.63, 3.8) is 0 Å². The molecule has 0 aromatic heterocycles. The highest BCUT2D eigenvalue weighted by molar-refractivity contribution is 6.30. The van der Waals surface area contributed by atoms with Crippen molar-refractivity contribution in [3.8, 4) is 5.75 Å². The molecule has 0 saturated heterocycles. The first-order valence-corrected chi connectivity index (χ1v) is 6.89. The van der Waals surface area contributed by atoms with Gasteiger partial charge in [0.2, 0.25) is 0 Å². The highest BCUT2D eigenvalue weighted by Crippen LogP contribution is 2.27. The van der Waals surface area contributed by atoms with Gasteiger partial charge in [-0.15, -0.1) is 0 Å². The van der Waals surface area contributed by atoms with E-state index in [0.29, 0.717) is 5.75 Å². The molecule has 0 amide bonds. The first-order chi connectivity index (χ1) is 9.70. The lowest BCUT2D eigenvalue weighted by Crippen LogP contribution is -2.16. The zero-order valence-electron chi connectivity index (χ0n) is 11.3. The number of hydrogen-bond donors (Lipinski definition) is 1. The summed E-state index contributed by atoms with van der Waals surface area (Å²) in [7, 11) is 1.89. The van der Waals surface area contributed by atoms with Crippen LogP contribution in [-0.2, 0) is 0 Å². The summed E-state index contributed by atoms with van der Waals surface area (Å²) in [4.78, 5) is 0. The maximum Gasteiger partial charge on any atom is 0.145 e. The predicted octanol–water partition coefficient (Wildman–Crippen LogP) is 4.21. The Hall–Kier alpha value is -1.58. The summed E-state index contributed by atoms with van der Waals surface area (Å²) in [5, 5.41) is 3.20. The fraction of sp³-hybridized carbons (Fsp3) is 0.250. The van der Waals surface area contributed by atoms with Crippen molar-refractivity contribution in [2.45, 2.75) is 12.5 Å². The van der Waals surface area contributed by atoms with Crippen molar-refractivity contribution in [2.75, 3.05) is 13.6 Å². The van der Waals surface area contributed by atoms with Gasteiger partial charge in [0, 0.05) is 12.5 Å². The molecular formula is C16H17ClFNO. The van der Waals surface area contributed by atoms with Crippen LogP contribution in [0.5, 0.6) is 5.75 Å². The Morgan fingerprint density at radius 2 is 1.95 bits per heavy atom. The van der Waals surface area contributed by atoms with E-state index in [1.165, 1.54) is 12.1 Å². The molecule has 1 N–H and O–H groups in total. The van der Waals surface area contributed by atoms with E-state index in [1.54, 1.807) is 6.07 Å². The number of rotatable bonds is 6. The second-order valence-electron chi connectivity index (χ2n) is 4.49. The average molecular weight is 294 g/mol. The minimum atomic E-state index is -0.468. The lowest BCUT2D eigenvalue weighted by molar-refractivity contribution is 0.194. The summed E-state index contributed by atoms with van der Waals surface area (Å²) in [5.74, 6) is 0.0152. The van der Waals surface area contributed by atoms with E-state index in [2.05, 4.69) is 5.32 Å². The van der Waals surface area contributed by atoms with Gasteiger partial charge >= 0.3 is 0 Å². The minimum absolute atomic E-state index is 0.101. The molecule has 2 aromatic rings. The summed E-state index contributed by atoms with van der Waals surface area (Å²) in [5.41, 5.74) is 1.07. The van der Waals surface area contributed by atoms with Gasteiger partial charge in [0.25, 0.3) is 0 Å². The second-order valence-corrected chi connectivity index (χ2v) is 4.89. The van der Waals surface area contributed by atoms with Gasteiger partial charge in [0.15, 0.2) is 0 Å². The van der Waals surface area contributed by atoms with E-state index < -0.39 is 5.82 Å². The first-order valence-electron chi connectivity index (χ1n) is 6.52. The highest BCUT2D eigenvalue weighted by Gasteiger charge is 2.13. The molecule has 0 radical (unpaired) electrons. The number of halogens is 2. The van der Waals surface area contributed by atoms with Crippen LogP contribution in [-0.4, -0.2) is 13.6 Å². The molecule has 0 aliphatic carbocycles. The van der Waals surface area contributed by atoms with Crippen LogP contribution in [0.2, 0.25) is 5.02 Å². The quantitative estimate of drug-likeness (QED) is 0.861. The normalized spacial score (nSPS) is 12.2. The molecule has 2 aromatic carbocycles. The number of hydrogen-bond acceptors (Lipinski definition) is 2. The van der Waals surface area contributed by atoms with E-state index in [4.69, 9.17) is 16.3 Å². The van der Waals surface area contributed by atoms with E-state index in [9.17, 15) is 4.39 Å². The van der Waals surface area contributed by atoms with Gasteiger partial charge in [-0.3, -0.25) is 0 Å². The smallest absolute Gasteiger partial charge is 0.145 e. The van der Waals surface area contributed by atoms with Crippen molar-refractivity contribution < 1.29 is 9.13 Å². The molecule has 20 heavy (non-hydrogen) atoms. The molecule has 1 unspecified atom stereocenters. The van der Waals surface area contributed by atoms with Crippen molar-refractivity contribution >= 4 is 11.6 Å². The Morgan fingerprint density at radius 1 is 1.20 bits per heavy atom. The maximum atomic E-state index is 13.5. The zero-order valence-corrected chi connectivity index (χ0v) is 12.0. The summed E-state index contributed by atoms with van der Waals surface area (Å²) >= 11 is 5.68. The minimum Gasteiger partial charge on any atom is -0.486 e. The Bertz CT molecular complexity index is 547. The second kappa shape index (κ2) is 7.27. The van der Waals surface area contributed by atoms with Gasteiger partial charge < -0.3 is 10.1 Å². The van der Waals surface area contributed by atoms with Crippen molar-refractivity contribution in [2.24, 2.45) is 0 Å². The molecule has 4 heteroatoms. The molecule has 1 atom stereocenters. The summed E-state index contributed by atoms with van der Waals surface area (Å²) in [6, 6.07) is 14.4. The molecule has 0 fully saturated rings. The number of nitrogens with one attached hydrogen (secondary N) is 1. The first kappa shape index (κ1) is 14.8. The third kappa shape index (κ3) is 3.95. The van der Waals surface area contributed by atoms with Gasteiger partial charge in [0.05, 0.1) is 5.02 Å². The van der Waals surface area contributed by atoms with Crippen LogP contribution in [0.15, 0.2) is 48.5 Å². The summed E-state index contributed by atoms with van der Waals surface area (Å²) in [6.45, 7) is 0.815. The zero-order chi connectivity index (χ0) is 14.4. The van der Waals surface area contributed by atoms with Gasteiger partial charge in [0.1, 0.15) is 17.7 Å². The maximum absolute atomic E-state index is 13.5. The molecule has 0 aliphatic heterocycles. The van der Waals surface area contributed by atoms with Crippen LogP contribution in [0, 0.1) is 5.82 Å². The Labute approximate surface area is 123 Å². The Kier molecular flexibility index (Phi) is 5.39. The molecule has 0 spiro atoms. The molecule has 0 saturated carbocycles. The fourth-order valence-electron chi connectivity index (χ4n) is 1.95. The van der Waals surface area contributed by atoms with E-state index in [-0.39, 0.29) is 11.1 Å². The third-order valence-corrected chi connectivity index (χ3v) is 3.30. The fourth-order valence-corrected chi connectivity index (χ4v) is 2.07. The molecule has 106 valence electrons. The Balaban J connectivity index is 2.17. The molecular weight excluding hydrogens is 277 g/mol. The van der Waals surface area contributed by atoms with Gasteiger partial charge in [-0.1, -0.05) is 41.9 Å². The predicted molar refractivity (Wildman–Crippen MR) is 79.8 cm³/mol. The lowest BCUT2D eigenvalue weighted by Gasteiger charge is -2.19. The number of ether oxygens (including phenoxy) is 1. The SMILES string of the molecule is CNCCC(Oc1ccc(Cl)c(F)c1)c1ccccc1. The van der Waals surface area contributed by atoms with E-state index in [0.717, 1.165) is 18.5 Å². The van der Waals surface area contributed by atoms with Gasteiger partial charge in [-0.05, 0) is 31.3 Å². The van der Waals surface area contributed by atoms with Crippen molar-refractivity contribution in [1.82, 2.24) is 5.32 Å². The topological polar surface area (TPSA) is 21.3 Å². The van der Waals surface area contributed by atoms with E-state index >= 15 is 0 Å². The van der Waals surface area contributed by atoms with Crippen LogP contribution in [0.4, 0.5) is 4.39 Å². The molecule has 2 rings (SSSR count). The molecule has 0 aliphatic rings. The Morgan fingerprint density at radius 3 is 2.60 bits per heavy atom. The number of benzene rings is 2. The highest BCUT2D eigenvalue weighted by atomic mass is 35.5. The van der Waals surface area contributed by atoms with Crippen LogP contribution in [0.1, 0.15) is 18.1 Å². The van der Waals surface area contributed by atoms with Crippen LogP contribution in [0.25, 0.3) is 0 Å². The van der Waals surface area contributed by atoms with Crippen LogP contribution < -0.4 is 10.1 Å². The molecule has 0 heterocycles. The summed E-state index contributed by atoms with van der Waals surface area (Å²) < 4.78 is 19.4. The molecule has 0 bridgehead atoms.